The van der Waals surface area contributed by atoms with Gasteiger partial charge in [-0.3, -0.25) is 0 Å². The Hall–Kier alpha value is -2.81. The predicted octanol–water partition coefficient (Wildman–Crippen LogP) is 5.63. The van der Waals surface area contributed by atoms with E-state index in [0.29, 0.717) is 12.1 Å². The van der Waals surface area contributed by atoms with Crippen molar-refractivity contribution < 1.29 is 9.13 Å². The lowest BCUT2D eigenvalue weighted by Crippen LogP contribution is -2.05. The van der Waals surface area contributed by atoms with Crippen LogP contribution in [0.2, 0.25) is 0 Å². The van der Waals surface area contributed by atoms with Gasteiger partial charge in [0.2, 0.25) is 0 Å². The Kier molecular flexibility index (Phi) is 5.34. The zero-order chi connectivity index (χ0) is 17.6. The second kappa shape index (κ2) is 7.84. The smallest absolute Gasteiger partial charge is 0.129 e. The number of nitrogens with one attached hydrogen (secondary N) is 1. The number of benzene rings is 3. The number of anilines is 1. The number of para-hydroxylation sites is 1. The molecule has 25 heavy (non-hydrogen) atoms. The van der Waals surface area contributed by atoms with Gasteiger partial charge in [-0.2, -0.15) is 0 Å². The molecule has 0 bridgehead atoms. The summed E-state index contributed by atoms with van der Waals surface area (Å²) in [7, 11) is 0. The maximum atomic E-state index is 13.8. The molecule has 0 unspecified atom stereocenters. The Bertz CT molecular complexity index is 860. The van der Waals surface area contributed by atoms with Crippen LogP contribution in [0.3, 0.4) is 0 Å². The van der Waals surface area contributed by atoms with Gasteiger partial charge in [0.1, 0.15) is 18.2 Å². The highest BCUT2D eigenvalue weighted by molar-refractivity contribution is 5.53. The summed E-state index contributed by atoms with van der Waals surface area (Å²) in [5, 5.41) is 3.47. The molecule has 0 aliphatic carbocycles. The van der Waals surface area contributed by atoms with E-state index in [2.05, 4.69) is 37.4 Å². The van der Waals surface area contributed by atoms with E-state index in [4.69, 9.17) is 4.74 Å². The molecular formula is C22H22FNO. The Labute approximate surface area is 148 Å². The summed E-state index contributed by atoms with van der Waals surface area (Å²) < 4.78 is 19.6. The van der Waals surface area contributed by atoms with Crippen molar-refractivity contribution >= 4 is 5.69 Å². The van der Waals surface area contributed by atoms with Gasteiger partial charge in [0.25, 0.3) is 0 Å². The third-order valence-corrected chi connectivity index (χ3v) is 4.18. The number of ether oxygens (including phenoxy) is 1. The molecule has 3 rings (SSSR count). The van der Waals surface area contributed by atoms with Crippen molar-refractivity contribution in [2.24, 2.45) is 0 Å². The van der Waals surface area contributed by atoms with Gasteiger partial charge in [0.05, 0.1) is 0 Å². The molecule has 0 spiro atoms. The van der Waals surface area contributed by atoms with Crippen LogP contribution in [-0.4, -0.2) is 0 Å². The van der Waals surface area contributed by atoms with Crippen molar-refractivity contribution in [3.8, 4) is 5.75 Å². The fourth-order valence-corrected chi connectivity index (χ4v) is 2.68. The van der Waals surface area contributed by atoms with Crippen LogP contribution in [0.5, 0.6) is 5.75 Å². The normalized spacial score (nSPS) is 10.5. The van der Waals surface area contributed by atoms with Gasteiger partial charge >= 0.3 is 0 Å². The van der Waals surface area contributed by atoms with E-state index in [1.54, 1.807) is 12.1 Å². The van der Waals surface area contributed by atoms with Gasteiger partial charge in [0.15, 0.2) is 0 Å². The van der Waals surface area contributed by atoms with Crippen molar-refractivity contribution in [3.05, 3.63) is 94.8 Å². The van der Waals surface area contributed by atoms with E-state index in [0.717, 1.165) is 17.0 Å². The quantitative estimate of drug-likeness (QED) is 0.630. The summed E-state index contributed by atoms with van der Waals surface area (Å²) in [6.45, 7) is 5.03. The molecule has 2 nitrogen and oxygen atoms in total. The molecule has 0 aromatic heterocycles. The third kappa shape index (κ3) is 4.38. The first-order chi connectivity index (χ1) is 12.1. The molecule has 1 N–H and O–H groups in total. The number of aryl methyl sites for hydroxylation is 2. The minimum Gasteiger partial charge on any atom is -0.488 e. The summed E-state index contributed by atoms with van der Waals surface area (Å²) in [5.74, 6) is 0.525. The molecule has 0 saturated heterocycles. The lowest BCUT2D eigenvalue weighted by atomic mass is 10.1. The summed E-state index contributed by atoms with van der Waals surface area (Å²) >= 11 is 0. The molecule has 0 aliphatic rings. The fraction of sp³-hybridized carbons (Fsp3) is 0.182. The van der Waals surface area contributed by atoms with Crippen molar-refractivity contribution in [1.29, 1.82) is 0 Å². The van der Waals surface area contributed by atoms with Crippen LogP contribution in [-0.2, 0) is 13.2 Å². The van der Waals surface area contributed by atoms with Gasteiger partial charge in [-0.25, -0.2) is 4.39 Å². The standard InChI is InChI=1S/C22H22FNO/c1-16-11-12-17(2)21(13-16)24-14-18-7-4-6-10-22(18)25-15-19-8-3-5-9-20(19)23/h3-13,24H,14-15H2,1-2H3. The van der Waals surface area contributed by atoms with Crippen LogP contribution in [0.1, 0.15) is 22.3 Å². The summed E-state index contributed by atoms with van der Waals surface area (Å²) in [6, 6.07) is 20.9. The second-order valence-electron chi connectivity index (χ2n) is 6.16. The first-order valence-electron chi connectivity index (χ1n) is 8.39. The molecule has 0 heterocycles. The van der Waals surface area contributed by atoms with Crippen LogP contribution in [0, 0.1) is 19.7 Å². The summed E-state index contributed by atoms with van der Waals surface area (Å²) in [5.41, 5.74) is 5.14. The summed E-state index contributed by atoms with van der Waals surface area (Å²) in [4.78, 5) is 0. The minimum atomic E-state index is -0.242. The topological polar surface area (TPSA) is 21.3 Å². The van der Waals surface area contributed by atoms with E-state index in [1.165, 1.54) is 17.2 Å². The van der Waals surface area contributed by atoms with Crippen LogP contribution in [0.25, 0.3) is 0 Å². The van der Waals surface area contributed by atoms with Crippen molar-refractivity contribution in [3.63, 3.8) is 0 Å². The van der Waals surface area contributed by atoms with Crippen molar-refractivity contribution in [2.75, 3.05) is 5.32 Å². The SMILES string of the molecule is Cc1ccc(C)c(NCc2ccccc2OCc2ccccc2F)c1. The molecule has 0 atom stereocenters. The maximum absolute atomic E-state index is 13.8. The third-order valence-electron chi connectivity index (χ3n) is 4.18. The number of hydrogen-bond acceptors (Lipinski definition) is 2. The lowest BCUT2D eigenvalue weighted by molar-refractivity contribution is 0.297. The first kappa shape index (κ1) is 17.0. The Morgan fingerprint density at radius 2 is 1.60 bits per heavy atom. The maximum Gasteiger partial charge on any atom is 0.129 e. The average Bonchev–Trinajstić information content (AvgIpc) is 2.62. The first-order valence-corrected chi connectivity index (χ1v) is 8.39. The average molecular weight is 335 g/mol. The molecule has 0 aliphatic heterocycles. The van der Waals surface area contributed by atoms with E-state index < -0.39 is 0 Å². The highest BCUT2D eigenvalue weighted by atomic mass is 19.1. The van der Waals surface area contributed by atoms with Crippen molar-refractivity contribution in [1.82, 2.24) is 0 Å². The van der Waals surface area contributed by atoms with Gasteiger partial charge < -0.3 is 10.1 Å². The number of halogens is 1. The Morgan fingerprint density at radius 3 is 2.40 bits per heavy atom. The minimum absolute atomic E-state index is 0.215. The van der Waals surface area contributed by atoms with E-state index in [1.807, 2.05) is 30.3 Å². The van der Waals surface area contributed by atoms with Crippen LogP contribution >= 0.6 is 0 Å². The molecule has 0 amide bonds. The monoisotopic (exact) mass is 335 g/mol. The van der Waals surface area contributed by atoms with Crippen molar-refractivity contribution in [2.45, 2.75) is 27.0 Å². The highest BCUT2D eigenvalue weighted by Gasteiger charge is 2.07. The van der Waals surface area contributed by atoms with Gasteiger partial charge in [0, 0.05) is 23.4 Å². The molecule has 3 aromatic rings. The molecule has 0 saturated carbocycles. The zero-order valence-corrected chi connectivity index (χ0v) is 14.6. The molecule has 3 heteroatoms. The van der Waals surface area contributed by atoms with E-state index >= 15 is 0 Å². The van der Waals surface area contributed by atoms with Gasteiger partial charge in [-0.1, -0.05) is 48.5 Å². The zero-order valence-electron chi connectivity index (χ0n) is 14.6. The second-order valence-corrected chi connectivity index (χ2v) is 6.16. The van der Waals surface area contributed by atoms with Gasteiger partial charge in [-0.15, -0.1) is 0 Å². The largest absolute Gasteiger partial charge is 0.488 e. The Morgan fingerprint density at radius 1 is 0.880 bits per heavy atom. The number of hydrogen-bond donors (Lipinski definition) is 1. The molecule has 0 radical (unpaired) electrons. The van der Waals surface area contributed by atoms with E-state index in [9.17, 15) is 4.39 Å². The molecule has 3 aromatic carbocycles. The highest BCUT2D eigenvalue weighted by Crippen LogP contribution is 2.23. The summed E-state index contributed by atoms with van der Waals surface area (Å²) in [6.07, 6.45) is 0. The Balaban J connectivity index is 1.70. The number of rotatable bonds is 6. The predicted molar refractivity (Wildman–Crippen MR) is 100 cm³/mol. The molecule has 0 fully saturated rings. The lowest BCUT2D eigenvalue weighted by Gasteiger charge is -2.14. The van der Waals surface area contributed by atoms with Gasteiger partial charge in [-0.05, 0) is 43.2 Å². The van der Waals surface area contributed by atoms with Crippen LogP contribution in [0.4, 0.5) is 10.1 Å². The fourth-order valence-electron chi connectivity index (χ4n) is 2.68. The van der Waals surface area contributed by atoms with Crippen LogP contribution < -0.4 is 10.1 Å². The molecule has 128 valence electrons. The van der Waals surface area contributed by atoms with E-state index in [-0.39, 0.29) is 12.4 Å². The molecular weight excluding hydrogens is 313 g/mol. The van der Waals surface area contributed by atoms with Crippen LogP contribution in [0.15, 0.2) is 66.7 Å².